The number of fused-ring (bicyclic) bond motifs is 4. The number of aliphatic hydroxyl groups excluding tert-OH is 1. The van der Waals surface area contributed by atoms with E-state index in [-0.39, 0.29) is 25.4 Å². The lowest BCUT2D eigenvalue weighted by atomic mass is 9.86. The molecule has 7 atom stereocenters. The number of nitrogen functional groups attached to an aromatic ring is 1. The van der Waals surface area contributed by atoms with Crippen LogP contribution in [0, 0.1) is 11.8 Å². The van der Waals surface area contributed by atoms with Gasteiger partial charge in [-0.25, -0.2) is 19.9 Å². The van der Waals surface area contributed by atoms with E-state index >= 15 is 0 Å². The average molecular weight is 1850 g/mol. The Hall–Kier alpha value is -12.2. The molecule has 0 aliphatic rings. The van der Waals surface area contributed by atoms with Gasteiger partial charge >= 0.3 is 18.5 Å². The Kier molecular flexibility index (Phi) is 40.8. The van der Waals surface area contributed by atoms with Crippen LogP contribution in [0.15, 0.2) is 128 Å². The van der Waals surface area contributed by atoms with Crippen molar-refractivity contribution in [3.05, 3.63) is 145 Å². The van der Waals surface area contributed by atoms with Gasteiger partial charge in [-0.3, -0.25) is 19.9 Å². The Balaban J connectivity index is 0.000000236. The molecule has 0 unspecified atom stereocenters. The van der Waals surface area contributed by atoms with Crippen molar-refractivity contribution >= 4 is 97.5 Å². The fourth-order valence-corrected chi connectivity index (χ4v) is 13.6. The first-order valence-electron chi connectivity index (χ1n) is 44.0. The molecule has 11 aromatic rings. The third-order valence-corrected chi connectivity index (χ3v) is 22.1. The summed E-state index contributed by atoms with van der Waals surface area (Å²) in [4.78, 5) is 65.6. The van der Waals surface area contributed by atoms with E-state index in [4.69, 9.17) is 39.1 Å². The van der Waals surface area contributed by atoms with Gasteiger partial charge in [-0.1, -0.05) is 92.9 Å². The first-order valence-corrected chi connectivity index (χ1v) is 44.0. The van der Waals surface area contributed by atoms with Gasteiger partial charge in [-0.2, -0.15) is 59.4 Å². The van der Waals surface area contributed by atoms with E-state index in [0.29, 0.717) is 142 Å². The number of nitrogens with zero attached hydrogens (tertiary/aromatic N) is 12. The molecule has 0 fully saturated rings. The number of carbonyl (C=O) groups excluding carboxylic acids is 1. The summed E-state index contributed by atoms with van der Waals surface area (Å²) in [5.41, 5.74) is 15.7. The Morgan fingerprint density at radius 1 is 0.394 bits per heavy atom. The monoisotopic (exact) mass is 1850 g/mol. The third kappa shape index (κ3) is 32.7. The minimum Gasteiger partial charge on any atom is -0.497 e. The zero-order valence-electron chi connectivity index (χ0n) is 78.3. The van der Waals surface area contributed by atoms with Crippen LogP contribution in [0.3, 0.4) is 0 Å². The maximum atomic E-state index is 13.2. The number of methoxy groups -OCH3 is 6. The number of ether oxygens (including phenoxy) is 6. The lowest BCUT2D eigenvalue weighted by Crippen LogP contribution is -2.39. The number of carbonyl (C=O) groups is 1. The lowest BCUT2D eigenvalue weighted by Gasteiger charge is -2.33. The van der Waals surface area contributed by atoms with Crippen molar-refractivity contribution in [2.75, 3.05) is 92.2 Å². The topological polar surface area (TPSA) is 384 Å². The van der Waals surface area contributed by atoms with Crippen molar-refractivity contribution in [2.24, 2.45) is 17.6 Å². The van der Waals surface area contributed by atoms with E-state index < -0.39 is 58.6 Å². The van der Waals surface area contributed by atoms with Crippen molar-refractivity contribution in [2.45, 2.75) is 245 Å². The van der Waals surface area contributed by atoms with Crippen LogP contribution in [0.2, 0.25) is 0 Å². The quantitative estimate of drug-likeness (QED) is 0.0125. The van der Waals surface area contributed by atoms with Crippen LogP contribution >= 0.6 is 0 Å². The van der Waals surface area contributed by atoms with Gasteiger partial charge in [-0.15, -0.1) is 0 Å². The number of pyridine rings is 4. The molecule has 8 aromatic heterocycles. The maximum absolute atomic E-state index is 13.2. The number of benzene rings is 3. The molecule has 132 heavy (non-hydrogen) atoms. The highest BCUT2D eigenvalue weighted by Gasteiger charge is 2.40. The number of nitrogens with one attached hydrogen (secondary N) is 7. The number of alkyl halides is 9. The van der Waals surface area contributed by atoms with E-state index in [0.717, 1.165) is 117 Å². The molecule has 12 N–H and O–H groups in total. The number of anilines is 8. The second-order valence-corrected chi connectivity index (χ2v) is 33.3. The number of aldehydes is 1. The van der Waals surface area contributed by atoms with Crippen molar-refractivity contribution < 1.29 is 77.8 Å². The molecule has 0 saturated heterocycles. The third-order valence-electron chi connectivity index (χ3n) is 22.1. The van der Waals surface area contributed by atoms with Gasteiger partial charge in [0.05, 0.1) is 100 Å². The lowest BCUT2D eigenvalue weighted by molar-refractivity contribution is -0.172. The number of halogens is 9. The normalized spacial score (nSPS) is 14.0. The van der Waals surface area contributed by atoms with Gasteiger partial charge < -0.3 is 87.0 Å². The van der Waals surface area contributed by atoms with E-state index in [1.165, 1.54) is 13.8 Å². The smallest absolute Gasteiger partial charge is 0.403 e. The molecule has 11 rings (SSSR count). The second kappa shape index (κ2) is 50.4. The number of rotatable bonds is 43. The van der Waals surface area contributed by atoms with Crippen LogP contribution in [0.25, 0.3) is 44.1 Å². The van der Waals surface area contributed by atoms with Gasteiger partial charge in [0.25, 0.3) is 0 Å². The first-order chi connectivity index (χ1) is 62.7. The summed E-state index contributed by atoms with van der Waals surface area (Å²) in [5.74, 6) is 4.98. The summed E-state index contributed by atoms with van der Waals surface area (Å²) >= 11 is 0. The highest BCUT2D eigenvalue weighted by Crippen LogP contribution is 2.39. The first kappa shape index (κ1) is 107. The van der Waals surface area contributed by atoms with Crippen molar-refractivity contribution in [1.82, 2.24) is 59.8 Å². The molecule has 29 nitrogen and oxygen atoms in total. The van der Waals surface area contributed by atoms with Crippen LogP contribution in [-0.2, 0) is 24.4 Å². The summed E-state index contributed by atoms with van der Waals surface area (Å²) < 4.78 is 144. The molecule has 720 valence electrons. The number of unbranched alkanes of at least 4 members (excludes halogenated alkanes) is 4. The van der Waals surface area contributed by atoms with Crippen molar-refractivity contribution in [3.63, 3.8) is 0 Å². The molecule has 0 aliphatic heterocycles. The molecule has 0 radical (unpaired) electrons. The van der Waals surface area contributed by atoms with E-state index in [1.54, 1.807) is 91.7 Å². The van der Waals surface area contributed by atoms with E-state index in [2.05, 4.69) is 125 Å². The molecule has 0 aliphatic carbocycles. The number of nitrogens with two attached hydrogens (primary N) is 2. The molecule has 3 aromatic carbocycles. The Morgan fingerprint density at radius 3 is 0.977 bits per heavy atom. The minimum atomic E-state index is -4.22. The van der Waals surface area contributed by atoms with Crippen LogP contribution in [0.1, 0.15) is 196 Å². The number of hydrogen-bond donors (Lipinski definition) is 10. The largest absolute Gasteiger partial charge is 0.497 e. The molecule has 0 amide bonds. The van der Waals surface area contributed by atoms with Gasteiger partial charge in [-0.05, 0) is 171 Å². The van der Waals surface area contributed by atoms with Gasteiger partial charge in [0.2, 0.25) is 23.8 Å². The molecule has 0 saturated carbocycles. The Bertz CT molecular complexity index is 5420. The fourth-order valence-electron chi connectivity index (χ4n) is 13.6. The predicted molar refractivity (Wildman–Crippen MR) is 502 cm³/mol. The SMILES string of the molecule is CCCC[C@](C)(C=O)Nc1nc(NCc2ccc(OC)cc2OC)nc2cccnc12.CCCC[C@](C)(CC[C@@H](C)C(F)(F)F)Nc1nc(N)nc2cccnc12.CCCC[C@](C)(CC[C@@H](C)C(F)(F)F)Nc1nc(NCc2ccc(OC)cc2OC)nc2cccnc12.CCCC[C@](C)(CO)Nc1nc(NCc2ccc(OC)cc2OC)nc2cccnc12.C[C@H](N)C(F)(F)F. The highest BCUT2D eigenvalue weighted by atomic mass is 19.4. The molecular weight excluding hydrogens is 1720 g/mol. The van der Waals surface area contributed by atoms with Crippen molar-refractivity contribution in [1.29, 1.82) is 0 Å². The maximum Gasteiger partial charge on any atom is 0.403 e. The molecule has 0 spiro atoms. The van der Waals surface area contributed by atoms with Crippen LogP contribution in [0.5, 0.6) is 34.5 Å². The Labute approximate surface area is 765 Å². The number of aliphatic hydroxyl groups is 1. The minimum absolute atomic E-state index is 0.00284. The van der Waals surface area contributed by atoms with Crippen LogP contribution < -0.4 is 77.1 Å². The van der Waals surface area contributed by atoms with E-state index in [9.17, 15) is 49.4 Å². The number of aromatic nitrogens is 12. The van der Waals surface area contributed by atoms with Crippen LogP contribution in [-0.4, -0.2) is 167 Å². The van der Waals surface area contributed by atoms with Crippen molar-refractivity contribution in [3.8, 4) is 34.5 Å². The van der Waals surface area contributed by atoms with Gasteiger partial charge in [0.15, 0.2) is 23.3 Å². The molecular formula is C94H128F9N21O8. The average Bonchev–Trinajstić information content (AvgIpc) is 0.882. The standard InChI is InChI=1S/C27H36F3N5O2.C23H31N5O3.C23H29N5O3.C18H26F3N5.C3H6F3N/c1-6-7-13-26(3,14-12-18(2)27(28,29)30)35-24-23-21(9-8-15-31-23)33-25(34-24)32-17-19-10-11-20(36-4)16-22(19)37-5;2*1-5-6-11-23(2,15-29)28-21-20-18(8-7-12-24-20)26-22(27-21)25-14-16-9-10-17(30-3)13-19(16)31-4;1-4-5-9-17(3,10-8-12(2)18(19,20)21)26-15-14-13(7-6-11-23-14)24-16(22)25-15;1-2(7)3(4,5)6/h8-11,15-16,18H,6-7,12-14,17H2,1-5H3,(H2,32,33,34,35);7-10,12-13,29H,5-6,11,14-15H2,1-4H3,(H2,25,26,27,28);7-10,12-13,15H,5-6,11,14H2,1-4H3,(H2,25,26,27,28);6-7,11-12H,4-5,8-10H2,1-3H3,(H3,22,24,25,26);2H,7H2,1H3/t18-,26-;2*23-;12-,17-;2-/m11110/s1. The predicted octanol–water partition coefficient (Wildman–Crippen LogP) is 21.1. The van der Waals surface area contributed by atoms with Gasteiger partial charge in [0, 0.05) is 90.4 Å². The molecule has 8 heterocycles. The summed E-state index contributed by atoms with van der Waals surface area (Å²) in [6.45, 7) is 20.8. The summed E-state index contributed by atoms with van der Waals surface area (Å²) in [5, 5.41) is 33.3. The second-order valence-electron chi connectivity index (χ2n) is 33.3. The van der Waals surface area contributed by atoms with Gasteiger partial charge in [0.1, 0.15) is 62.9 Å². The number of hydrogen-bond acceptors (Lipinski definition) is 29. The van der Waals surface area contributed by atoms with E-state index in [1.807, 2.05) is 107 Å². The Morgan fingerprint density at radius 2 is 0.689 bits per heavy atom. The summed E-state index contributed by atoms with van der Waals surface area (Å²) in [6.07, 6.45) is 6.41. The summed E-state index contributed by atoms with van der Waals surface area (Å²) in [7, 11) is 9.68. The molecule has 0 bridgehead atoms. The summed E-state index contributed by atoms with van der Waals surface area (Å²) in [6, 6.07) is 29.8. The zero-order chi connectivity index (χ0) is 97.0. The van der Waals surface area contributed by atoms with Crippen LogP contribution in [0.4, 0.5) is 86.6 Å². The fraction of sp³-hybridized carbons (Fsp3) is 0.500. The highest BCUT2D eigenvalue weighted by molar-refractivity contribution is 5.90. The zero-order valence-corrected chi connectivity index (χ0v) is 78.3. The molecule has 38 heteroatoms.